The minimum Gasteiger partial charge on any atom is -0.508 e. The van der Waals surface area contributed by atoms with Crippen LogP contribution in [0.25, 0.3) is 0 Å². The predicted molar refractivity (Wildman–Crippen MR) is 109 cm³/mol. The lowest BCUT2D eigenvalue weighted by atomic mass is 9.43. The molecular formula is C23H32N2O3. The van der Waals surface area contributed by atoms with E-state index in [-0.39, 0.29) is 28.3 Å². The molecule has 4 N–H and O–H groups in total. The number of aliphatic hydroxyl groups is 1. The second kappa shape index (κ2) is 5.44. The molecule has 5 nitrogen and oxygen atoms in total. The summed E-state index contributed by atoms with van der Waals surface area (Å²) in [6.45, 7) is 9.63. The van der Waals surface area contributed by atoms with Crippen LogP contribution in [-0.4, -0.2) is 27.8 Å². The van der Waals surface area contributed by atoms with Gasteiger partial charge in [-0.15, -0.1) is 0 Å². The zero-order valence-electron chi connectivity index (χ0n) is 17.4. The Morgan fingerprint density at radius 3 is 2.68 bits per heavy atom. The smallest absolute Gasteiger partial charge is 0.133 e. The molecule has 5 heteroatoms. The summed E-state index contributed by atoms with van der Waals surface area (Å²) in [4.78, 5) is 4.38. The van der Waals surface area contributed by atoms with Gasteiger partial charge >= 0.3 is 0 Å². The van der Waals surface area contributed by atoms with Crippen molar-refractivity contribution in [1.29, 1.82) is 0 Å². The zero-order chi connectivity index (χ0) is 20.1. The van der Waals surface area contributed by atoms with Gasteiger partial charge in [0.2, 0.25) is 0 Å². The van der Waals surface area contributed by atoms with Crippen molar-refractivity contribution < 1.29 is 14.9 Å². The van der Waals surface area contributed by atoms with Crippen molar-refractivity contribution in [2.45, 2.75) is 78.0 Å². The Morgan fingerprint density at radius 1 is 1.18 bits per heavy atom. The van der Waals surface area contributed by atoms with Crippen molar-refractivity contribution in [3.05, 3.63) is 22.8 Å². The summed E-state index contributed by atoms with van der Waals surface area (Å²) >= 11 is 0. The molecule has 5 atom stereocenters. The standard InChI is InChI=1S/C23H32N2O3/c1-12-5-6-17-21(2,3)18(27)7-8-22(17,4)23(12)10-14-16(26)9-13-15(19(14)28-23)11-25-20(13)24/h9,12,17-18,26-27H,5-8,10-11H2,1-4H3,(H2,24,25)/t12-,17-,18-,22-,23+/m1/s1. The number of nitrogens with zero attached hydrogens (tertiary/aromatic N) is 1. The van der Waals surface area contributed by atoms with Gasteiger partial charge in [-0.25, -0.2) is 0 Å². The Hall–Kier alpha value is -1.75. The largest absolute Gasteiger partial charge is 0.508 e. The van der Waals surface area contributed by atoms with E-state index in [1.54, 1.807) is 6.07 Å². The Bertz CT molecular complexity index is 892. The Kier molecular flexibility index (Phi) is 3.55. The number of phenols is 1. The summed E-state index contributed by atoms with van der Waals surface area (Å²) in [5.74, 6) is 2.34. The van der Waals surface area contributed by atoms with Gasteiger partial charge < -0.3 is 20.7 Å². The fourth-order valence-corrected chi connectivity index (χ4v) is 7.18. The molecule has 152 valence electrons. The second-order valence-electron chi connectivity index (χ2n) is 10.4. The first-order valence-corrected chi connectivity index (χ1v) is 10.7. The van der Waals surface area contributed by atoms with E-state index in [0.717, 1.165) is 54.5 Å². The van der Waals surface area contributed by atoms with Gasteiger partial charge in [0.1, 0.15) is 22.9 Å². The van der Waals surface area contributed by atoms with Crippen molar-refractivity contribution in [3.8, 4) is 11.5 Å². The number of benzene rings is 1. The number of rotatable bonds is 0. The molecule has 2 aliphatic carbocycles. The van der Waals surface area contributed by atoms with E-state index in [4.69, 9.17) is 10.5 Å². The van der Waals surface area contributed by atoms with Gasteiger partial charge in [-0.05, 0) is 49.0 Å². The van der Waals surface area contributed by atoms with Gasteiger partial charge in [0.15, 0.2) is 0 Å². The number of hydrogen-bond donors (Lipinski definition) is 3. The van der Waals surface area contributed by atoms with Crippen LogP contribution in [0.2, 0.25) is 0 Å². The molecule has 0 saturated heterocycles. The molecule has 0 radical (unpaired) electrons. The van der Waals surface area contributed by atoms with E-state index < -0.39 is 0 Å². The zero-order valence-corrected chi connectivity index (χ0v) is 17.4. The SMILES string of the molecule is C[C@@H]1CC[C@@H]2C(C)(C)[C@H](O)CC[C@@]2(C)[C@]12Cc1c(O)cc3c(c1O2)CN=C3N. The Labute approximate surface area is 167 Å². The topological polar surface area (TPSA) is 88.1 Å². The highest BCUT2D eigenvalue weighted by Crippen LogP contribution is 2.67. The third-order valence-corrected chi connectivity index (χ3v) is 8.98. The number of ether oxygens (including phenoxy) is 1. The molecule has 0 unspecified atom stereocenters. The highest BCUT2D eigenvalue weighted by Gasteiger charge is 2.67. The van der Waals surface area contributed by atoms with E-state index in [0.29, 0.717) is 24.2 Å². The number of phenolic OH excluding ortho intramolecular Hbond substituents is 1. The van der Waals surface area contributed by atoms with E-state index in [2.05, 4.69) is 32.7 Å². The van der Waals surface area contributed by atoms with Gasteiger partial charge in [-0.2, -0.15) is 0 Å². The van der Waals surface area contributed by atoms with Gasteiger partial charge in [-0.3, -0.25) is 4.99 Å². The monoisotopic (exact) mass is 384 g/mol. The van der Waals surface area contributed by atoms with Crippen molar-refractivity contribution in [3.63, 3.8) is 0 Å². The van der Waals surface area contributed by atoms with Gasteiger partial charge in [0, 0.05) is 28.5 Å². The highest BCUT2D eigenvalue weighted by molar-refractivity contribution is 6.02. The molecule has 5 rings (SSSR count). The van der Waals surface area contributed by atoms with Crippen LogP contribution in [-0.2, 0) is 13.0 Å². The minimum absolute atomic E-state index is 0.0588. The molecular weight excluding hydrogens is 352 g/mol. The molecule has 2 fully saturated rings. The first-order valence-electron chi connectivity index (χ1n) is 10.7. The third-order valence-electron chi connectivity index (χ3n) is 8.98. The first-order chi connectivity index (χ1) is 13.1. The van der Waals surface area contributed by atoms with E-state index in [1.165, 1.54) is 0 Å². The molecule has 0 aromatic heterocycles. The summed E-state index contributed by atoms with van der Waals surface area (Å²) in [5.41, 5.74) is 8.24. The molecule has 2 aliphatic heterocycles. The summed E-state index contributed by atoms with van der Waals surface area (Å²) in [6.07, 6.45) is 4.39. The lowest BCUT2D eigenvalue weighted by molar-refractivity contribution is -0.210. The fraction of sp³-hybridized carbons (Fsp3) is 0.696. The second-order valence-corrected chi connectivity index (χ2v) is 10.4. The number of nitrogens with two attached hydrogens (primary N) is 1. The van der Waals surface area contributed by atoms with Crippen molar-refractivity contribution >= 4 is 5.84 Å². The quantitative estimate of drug-likeness (QED) is 0.639. The molecule has 0 amide bonds. The molecule has 2 saturated carbocycles. The summed E-state index contributed by atoms with van der Waals surface area (Å²) in [7, 11) is 0. The third kappa shape index (κ3) is 1.99. The van der Waals surface area contributed by atoms with Gasteiger partial charge in [0.05, 0.1) is 12.6 Å². The molecule has 1 aromatic carbocycles. The number of fused-ring (bicyclic) bond motifs is 5. The lowest BCUT2D eigenvalue weighted by Gasteiger charge is -2.64. The van der Waals surface area contributed by atoms with Crippen LogP contribution in [0.5, 0.6) is 11.5 Å². The van der Waals surface area contributed by atoms with Crippen LogP contribution in [0.4, 0.5) is 0 Å². The van der Waals surface area contributed by atoms with Gasteiger partial charge in [0.25, 0.3) is 0 Å². The van der Waals surface area contributed by atoms with Crippen molar-refractivity contribution in [2.24, 2.45) is 33.4 Å². The maximum Gasteiger partial charge on any atom is 0.133 e. The summed E-state index contributed by atoms with van der Waals surface area (Å²) in [6, 6.07) is 1.77. The maximum atomic E-state index is 10.8. The summed E-state index contributed by atoms with van der Waals surface area (Å²) < 4.78 is 6.95. The number of hydrogen-bond acceptors (Lipinski definition) is 5. The highest BCUT2D eigenvalue weighted by atomic mass is 16.5. The van der Waals surface area contributed by atoms with Crippen molar-refractivity contribution in [1.82, 2.24) is 0 Å². The first kappa shape index (κ1) is 18.3. The number of aliphatic hydroxyl groups excluding tert-OH is 1. The normalized spacial score (nSPS) is 40.5. The van der Waals surface area contributed by atoms with Crippen LogP contribution >= 0.6 is 0 Å². The molecule has 28 heavy (non-hydrogen) atoms. The molecule has 1 spiro atoms. The maximum absolute atomic E-state index is 10.8. The number of aromatic hydroxyl groups is 1. The van der Waals surface area contributed by atoms with Gasteiger partial charge in [-0.1, -0.05) is 27.7 Å². The van der Waals surface area contributed by atoms with Crippen LogP contribution in [0.3, 0.4) is 0 Å². The van der Waals surface area contributed by atoms with Crippen molar-refractivity contribution in [2.75, 3.05) is 0 Å². The van der Waals surface area contributed by atoms with Crippen LogP contribution in [0.15, 0.2) is 11.1 Å². The minimum atomic E-state index is -0.361. The predicted octanol–water partition coefficient (Wildman–Crippen LogP) is 3.52. The number of amidine groups is 1. The van der Waals surface area contributed by atoms with Crippen LogP contribution in [0.1, 0.15) is 70.1 Å². The van der Waals surface area contributed by atoms with Crippen LogP contribution in [0, 0.1) is 22.7 Å². The average molecular weight is 385 g/mol. The Morgan fingerprint density at radius 2 is 1.93 bits per heavy atom. The molecule has 4 aliphatic rings. The molecule has 2 heterocycles. The van der Waals surface area contributed by atoms with E-state index >= 15 is 0 Å². The molecule has 1 aromatic rings. The van der Waals surface area contributed by atoms with E-state index in [1.807, 2.05) is 0 Å². The fourth-order valence-electron chi connectivity index (χ4n) is 7.18. The van der Waals surface area contributed by atoms with E-state index in [9.17, 15) is 10.2 Å². The number of aliphatic imine (C=N–C) groups is 1. The molecule has 0 bridgehead atoms. The van der Waals surface area contributed by atoms with Crippen LogP contribution < -0.4 is 10.5 Å². The summed E-state index contributed by atoms with van der Waals surface area (Å²) in [5, 5.41) is 21.6. The average Bonchev–Trinajstić information content (AvgIpc) is 3.20. The Balaban J connectivity index is 1.64. The lowest BCUT2D eigenvalue weighted by Crippen LogP contribution is -2.66.